The first-order valence-corrected chi connectivity index (χ1v) is 7.33. The minimum atomic E-state index is 0.519. The van der Waals surface area contributed by atoms with E-state index in [1.54, 1.807) is 4.68 Å². The first-order chi connectivity index (χ1) is 9.74. The molecule has 1 aliphatic carbocycles. The van der Waals surface area contributed by atoms with Gasteiger partial charge >= 0.3 is 0 Å². The molecule has 1 fully saturated rings. The van der Waals surface area contributed by atoms with Crippen LogP contribution in [0.5, 0.6) is 0 Å². The highest BCUT2D eigenvalue weighted by molar-refractivity contribution is 5.62. The van der Waals surface area contributed by atoms with Crippen LogP contribution in [0.4, 0.5) is 5.69 Å². The Balaban J connectivity index is 1.76. The topological polar surface area (TPSA) is 55.6 Å². The Labute approximate surface area is 119 Å². The summed E-state index contributed by atoms with van der Waals surface area (Å²) in [5.74, 6) is 1.59. The van der Waals surface area contributed by atoms with Gasteiger partial charge in [-0.25, -0.2) is 4.68 Å². The third kappa shape index (κ3) is 2.66. The molecule has 1 saturated carbocycles. The molecule has 5 nitrogen and oxygen atoms in total. The van der Waals surface area contributed by atoms with Crippen LogP contribution >= 0.6 is 0 Å². The minimum Gasteiger partial charge on any atom is -0.382 e. The van der Waals surface area contributed by atoms with Gasteiger partial charge in [0.15, 0.2) is 5.82 Å². The van der Waals surface area contributed by atoms with Gasteiger partial charge in [-0.1, -0.05) is 25.0 Å². The van der Waals surface area contributed by atoms with Crippen LogP contribution in [-0.2, 0) is 7.05 Å². The number of aromatic nitrogens is 4. The molecular weight excluding hydrogens is 250 g/mol. The van der Waals surface area contributed by atoms with Gasteiger partial charge in [0.05, 0.1) is 0 Å². The fourth-order valence-electron chi connectivity index (χ4n) is 3.06. The lowest BCUT2D eigenvalue weighted by Gasteiger charge is -2.21. The Kier molecular flexibility index (Phi) is 3.67. The van der Waals surface area contributed by atoms with Crippen LogP contribution in [0.15, 0.2) is 24.3 Å². The molecule has 1 atom stereocenters. The van der Waals surface area contributed by atoms with Crippen molar-refractivity contribution in [2.75, 3.05) is 5.32 Å². The van der Waals surface area contributed by atoms with Crippen molar-refractivity contribution in [3.05, 3.63) is 24.3 Å². The molecule has 2 aromatic rings. The molecule has 1 N–H and O–H groups in total. The number of aryl methyl sites for hydroxylation is 1. The third-order valence-corrected chi connectivity index (χ3v) is 4.24. The maximum Gasteiger partial charge on any atom is 0.181 e. The standard InChI is InChI=1S/C15H21N5/c1-11(12-6-3-4-7-12)16-14-9-5-8-13(10-14)15-17-18-19-20(15)2/h5,8-12,16H,3-4,6-7H2,1-2H3. The van der Waals surface area contributed by atoms with Crippen molar-refractivity contribution in [1.29, 1.82) is 0 Å². The lowest BCUT2D eigenvalue weighted by molar-refractivity contribution is 0.482. The molecule has 1 heterocycles. The van der Waals surface area contributed by atoms with Crippen LogP contribution in [-0.4, -0.2) is 26.2 Å². The molecule has 1 aromatic carbocycles. The number of nitrogens with one attached hydrogen (secondary N) is 1. The zero-order valence-corrected chi connectivity index (χ0v) is 12.1. The zero-order chi connectivity index (χ0) is 13.9. The number of rotatable bonds is 4. The van der Waals surface area contributed by atoms with E-state index in [-0.39, 0.29) is 0 Å². The predicted octanol–water partition coefficient (Wildman–Crippen LogP) is 2.87. The summed E-state index contributed by atoms with van der Waals surface area (Å²) in [6.45, 7) is 2.28. The van der Waals surface area contributed by atoms with Crippen molar-refractivity contribution in [3.8, 4) is 11.4 Å². The molecule has 106 valence electrons. The second-order valence-corrected chi connectivity index (χ2v) is 5.68. The fraction of sp³-hybridized carbons (Fsp3) is 0.533. The van der Waals surface area contributed by atoms with Crippen LogP contribution < -0.4 is 5.32 Å². The van der Waals surface area contributed by atoms with E-state index in [1.807, 2.05) is 19.2 Å². The molecule has 0 bridgehead atoms. The number of benzene rings is 1. The predicted molar refractivity (Wildman–Crippen MR) is 79.3 cm³/mol. The molecule has 1 aliphatic rings. The summed E-state index contributed by atoms with van der Waals surface area (Å²) in [4.78, 5) is 0. The number of hydrogen-bond acceptors (Lipinski definition) is 4. The molecule has 0 radical (unpaired) electrons. The maximum absolute atomic E-state index is 4.06. The Morgan fingerprint density at radius 2 is 2.10 bits per heavy atom. The number of nitrogens with zero attached hydrogens (tertiary/aromatic N) is 4. The van der Waals surface area contributed by atoms with Crippen molar-refractivity contribution >= 4 is 5.69 Å². The fourth-order valence-corrected chi connectivity index (χ4v) is 3.06. The molecule has 0 aliphatic heterocycles. The Bertz CT molecular complexity index is 571. The van der Waals surface area contributed by atoms with E-state index < -0.39 is 0 Å². The highest BCUT2D eigenvalue weighted by atomic mass is 15.5. The summed E-state index contributed by atoms with van der Waals surface area (Å²) < 4.78 is 1.69. The van der Waals surface area contributed by atoms with Crippen LogP contribution in [0.2, 0.25) is 0 Å². The molecule has 1 unspecified atom stereocenters. The molecule has 1 aromatic heterocycles. The first kappa shape index (κ1) is 13.1. The van der Waals surface area contributed by atoms with E-state index in [1.165, 1.54) is 25.7 Å². The average Bonchev–Trinajstić information content (AvgIpc) is 3.10. The lowest BCUT2D eigenvalue weighted by Crippen LogP contribution is -2.23. The monoisotopic (exact) mass is 271 g/mol. The second-order valence-electron chi connectivity index (χ2n) is 5.68. The highest BCUT2D eigenvalue weighted by Gasteiger charge is 2.21. The van der Waals surface area contributed by atoms with Crippen LogP contribution in [0.25, 0.3) is 11.4 Å². The molecule has 0 spiro atoms. The molecular formula is C15H21N5. The van der Waals surface area contributed by atoms with Gasteiger partial charge in [0.2, 0.25) is 0 Å². The Morgan fingerprint density at radius 1 is 1.30 bits per heavy atom. The summed E-state index contributed by atoms with van der Waals surface area (Å²) in [7, 11) is 1.86. The SMILES string of the molecule is CC(Nc1cccc(-c2nnnn2C)c1)C1CCCC1. The van der Waals surface area contributed by atoms with Crippen molar-refractivity contribution in [1.82, 2.24) is 20.2 Å². The summed E-state index contributed by atoms with van der Waals surface area (Å²) in [6.07, 6.45) is 5.45. The van der Waals surface area contributed by atoms with Gasteiger partial charge in [0.25, 0.3) is 0 Å². The summed E-state index contributed by atoms with van der Waals surface area (Å²) in [5.41, 5.74) is 2.19. The van der Waals surface area contributed by atoms with Crippen LogP contribution in [0.1, 0.15) is 32.6 Å². The van der Waals surface area contributed by atoms with E-state index in [9.17, 15) is 0 Å². The van der Waals surface area contributed by atoms with Gasteiger partial charge in [0.1, 0.15) is 0 Å². The molecule has 3 rings (SSSR count). The largest absolute Gasteiger partial charge is 0.382 e. The molecule has 20 heavy (non-hydrogen) atoms. The lowest BCUT2D eigenvalue weighted by atomic mass is 9.99. The Morgan fingerprint density at radius 3 is 2.80 bits per heavy atom. The van der Waals surface area contributed by atoms with E-state index in [0.29, 0.717) is 6.04 Å². The minimum absolute atomic E-state index is 0.519. The normalized spacial score (nSPS) is 17.3. The van der Waals surface area contributed by atoms with E-state index in [2.05, 4.69) is 39.9 Å². The van der Waals surface area contributed by atoms with E-state index in [0.717, 1.165) is 23.0 Å². The van der Waals surface area contributed by atoms with Crippen molar-refractivity contribution in [2.24, 2.45) is 13.0 Å². The zero-order valence-electron chi connectivity index (χ0n) is 12.1. The van der Waals surface area contributed by atoms with Crippen molar-refractivity contribution in [2.45, 2.75) is 38.6 Å². The van der Waals surface area contributed by atoms with Crippen LogP contribution in [0.3, 0.4) is 0 Å². The first-order valence-electron chi connectivity index (χ1n) is 7.33. The van der Waals surface area contributed by atoms with Gasteiger partial charge < -0.3 is 5.32 Å². The Hall–Kier alpha value is -1.91. The summed E-state index contributed by atoms with van der Waals surface area (Å²) in [6, 6.07) is 8.84. The van der Waals surface area contributed by atoms with Crippen molar-refractivity contribution in [3.63, 3.8) is 0 Å². The highest BCUT2D eigenvalue weighted by Crippen LogP contribution is 2.29. The number of hydrogen-bond donors (Lipinski definition) is 1. The van der Waals surface area contributed by atoms with Gasteiger partial charge in [-0.05, 0) is 48.2 Å². The maximum atomic E-state index is 4.06. The number of anilines is 1. The van der Waals surface area contributed by atoms with Gasteiger partial charge in [-0.3, -0.25) is 0 Å². The third-order valence-electron chi connectivity index (χ3n) is 4.24. The number of tetrazole rings is 1. The molecule has 0 saturated heterocycles. The van der Waals surface area contributed by atoms with Gasteiger partial charge in [0, 0.05) is 24.3 Å². The smallest absolute Gasteiger partial charge is 0.181 e. The van der Waals surface area contributed by atoms with E-state index >= 15 is 0 Å². The van der Waals surface area contributed by atoms with Crippen molar-refractivity contribution < 1.29 is 0 Å². The summed E-state index contributed by atoms with van der Waals surface area (Å²) in [5, 5.41) is 15.3. The van der Waals surface area contributed by atoms with Gasteiger partial charge in [-0.15, -0.1) is 5.10 Å². The van der Waals surface area contributed by atoms with Crippen LogP contribution in [0, 0.1) is 5.92 Å². The van der Waals surface area contributed by atoms with Gasteiger partial charge in [-0.2, -0.15) is 0 Å². The summed E-state index contributed by atoms with van der Waals surface area (Å²) >= 11 is 0. The second kappa shape index (κ2) is 5.61. The quantitative estimate of drug-likeness (QED) is 0.929. The molecule has 5 heteroatoms. The van der Waals surface area contributed by atoms with E-state index in [4.69, 9.17) is 0 Å². The average molecular weight is 271 g/mol. The molecule has 0 amide bonds.